The van der Waals surface area contributed by atoms with E-state index in [9.17, 15) is 17.6 Å². The molecule has 0 aromatic heterocycles. The average molecular weight is 542 g/mol. The molecule has 8 nitrogen and oxygen atoms in total. The van der Waals surface area contributed by atoms with Crippen molar-refractivity contribution in [1.29, 1.82) is 0 Å². The van der Waals surface area contributed by atoms with Crippen molar-refractivity contribution in [3.63, 3.8) is 0 Å². The summed E-state index contributed by atoms with van der Waals surface area (Å²) >= 11 is 0. The van der Waals surface area contributed by atoms with Crippen LogP contribution >= 0.6 is 0 Å². The Kier molecular flexibility index (Phi) is 6.79. The van der Waals surface area contributed by atoms with Crippen molar-refractivity contribution in [3.8, 4) is 17.2 Å². The highest BCUT2D eigenvalue weighted by Crippen LogP contribution is 2.50. The lowest BCUT2D eigenvalue weighted by atomic mass is 9.76. The average Bonchev–Trinajstić information content (AvgIpc) is 2.91. The second-order valence-corrected chi connectivity index (χ2v) is 10.9. The van der Waals surface area contributed by atoms with Crippen LogP contribution in [0.15, 0.2) is 53.4 Å². The van der Waals surface area contributed by atoms with Gasteiger partial charge in [-0.2, -0.15) is 8.42 Å². The molecule has 0 aliphatic carbocycles. The first-order valence-electron chi connectivity index (χ1n) is 12.1. The maximum atomic E-state index is 13.8. The van der Waals surface area contributed by atoms with E-state index in [0.717, 1.165) is 22.8 Å². The predicted molar refractivity (Wildman–Crippen MR) is 137 cm³/mol. The predicted octanol–water partition coefficient (Wildman–Crippen LogP) is 4.61. The highest BCUT2D eigenvalue weighted by atomic mass is 32.2. The summed E-state index contributed by atoms with van der Waals surface area (Å²) in [5, 5.41) is 0. The van der Waals surface area contributed by atoms with Gasteiger partial charge in [-0.1, -0.05) is 19.1 Å². The second kappa shape index (κ2) is 9.92. The second-order valence-electron chi connectivity index (χ2n) is 9.36. The third-order valence-electron chi connectivity index (χ3n) is 7.33. The van der Waals surface area contributed by atoms with E-state index >= 15 is 0 Å². The molecule has 0 bridgehead atoms. The lowest BCUT2D eigenvalue weighted by Crippen LogP contribution is -2.41. The lowest BCUT2D eigenvalue weighted by molar-refractivity contribution is 0.0596. The van der Waals surface area contributed by atoms with E-state index in [4.69, 9.17) is 18.4 Å². The largest absolute Gasteiger partial charge is 0.496 e. The van der Waals surface area contributed by atoms with Crippen molar-refractivity contribution in [1.82, 2.24) is 4.90 Å². The fourth-order valence-corrected chi connectivity index (χ4v) is 6.55. The van der Waals surface area contributed by atoms with Crippen LogP contribution < -0.4 is 13.7 Å². The lowest BCUT2D eigenvalue weighted by Gasteiger charge is -2.45. The number of carbonyl (C=O) groups excluding carboxylic acids is 1. The molecule has 2 atom stereocenters. The van der Waals surface area contributed by atoms with Gasteiger partial charge in [0.05, 0.1) is 21.3 Å². The first kappa shape index (κ1) is 26.0. The van der Waals surface area contributed by atoms with Gasteiger partial charge in [-0.05, 0) is 59.5 Å². The number of hydrogen-bond donors (Lipinski definition) is 0. The first-order valence-corrected chi connectivity index (χ1v) is 13.5. The molecular formula is C28H28FNO7S. The fraction of sp³-hybridized carbons (Fsp3) is 0.321. The number of esters is 1. The van der Waals surface area contributed by atoms with E-state index < -0.39 is 21.9 Å². The third-order valence-corrected chi connectivity index (χ3v) is 8.55. The van der Waals surface area contributed by atoms with Crippen molar-refractivity contribution in [3.05, 3.63) is 82.2 Å². The van der Waals surface area contributed by atoms with Gasteiger partial charge in [-0.3, -0.25) is 4.90 Å². The summed E-state index contributed by atoms with van der Waals surface area (Å²) in [5.74, 6) is -0.408. The molecule has 38 heavy (non-hydrogen) atoms. The van der Waals surface area contributed by atoms with Gasteiger partial charge >= 0.3 is 16.1 Å². The van der Waals surface area contributed by atoms with Crippen LogP contribution in [0.2, 0.25) is 0 Å². The van der Waals surface area contributed by atoms with Gasteiger partial charge in [-0.25, -0.2) is 9.18 Å². The maximum Gasteiger partial charge on any atom is 0.341 e. The maximum absolute atomic E-state index is 13.8. The Balaban J connectivity index is 1.59. The zero-order valence-corrected chi connectivity index (χ0v) is 22.3. The summed E-state index contributed by atoms with van der Waals surface area (Å²) < 4.78 is 61.5. The molecule has 3 aromatic carbocycles. The number of ether oxygens (including phenoxy) is 3. The van der Waals surface area contributed by atoms with Gasteiger partial charge in [0.2, 0.25) is 0 Å². The summed E-state index contributed by atoms with van der Waals surface area (Å²) in [4.78, 5) is 14.4. The normalized spacial score (nSPS) is 18.6. The minimum absolute atomic E-state index is 0.0679. The van der Waals surface area contributed by atoms with Crippen molar-refractivity contribution in [2.75, 3.05) is 27.9 Å². The van der Waals surface area contributed by atoms with E-state index in [1.807, 2.05) is 18.2 Å². The van der Waals surface area contributed by atoms with Crippen LogP contribution in [0.3, 0.4) is 0 Å². The van der Waals surface area contributed by atoms with Crippen LogP contribution in [0, 0.1) is 5.82 Å². The molecule has 10 heteroatoms. The number of halogens is 1. The summed E-state index contributed by atoms with van der Waals surface area (Å²) in [6.45, 7) is 3.16. The molecule has 0 N–H and O–H groups in total. The molecular weight excluding hydrogens is 513 g/mol. The Labute approximate surface area is 221 Å². The molecule has 2 aliphatic heterocycles. The molecule has 0 saturated carbocycles. The fourth-order valence-electron chi connectivity index (χ4n) is 5.55. The summed E-state index contributed by atoms with van der Waals surface area (Å²) in [5.41, 5.74) is 4.04. The van der Waals surface area contributed by atoms with Crippen LogP contribution in [-0.4, -0.2) is 47.2 Å². The SMILES string of the molecule is COC(=O)c1cc2c(cc1OC)CCN1Cc3c(ccc(OC)c3OS(=O)(=O)c3cccc(F)c3)C(C)C21. The Morgan fingerprint density at radius 1 is 1.00 bits per heavy atom. The van der Waals surface area contributed by atoms with Gasteiger partial charge in [-0.15, -0.1) is 0 Å². The smallest absolute Gasteiger partial charge is 0.341 e. The number of benzene rings is 3. The quantitative estimate of drug-likeness (QED) is 0.330. The van der Waals surface area contributed by atoms with Gasteiger partial charge < -0.3 is 18.4 Å². The van der Waals surface area contributed by atoms with Crippen molar-refractivity contribution >= 4 is 16.1 Å². The first-order chi connectivity index (χ1) is 18.2. The highest BCUT2D eigenvalue weighted by Gasteiger charge is 2.40. The summed E-state index contributed by atoms with van der Waals surface area (Å²) in [6, 6.07) is 12.0. The zero-order valence-electron chi connectivity index (χ0n) is 21.5. The summed E-state index contributed by atoms with van der Waals surface area (Å²) in [7, 11) is -0.0286. The molecule has 2 aliphatic rings. The van der Waals surface area contributed by atoms with Crippen LogP contribution in [0.1, 0.15) is 51.5 Å². The van der Waals surface area contributed by atoms with Crippen LogP contribution in [0.5, 0.6) is 17.2 Å². The van der Waals surface area contributed by atoms with Crippen LogP contribution in [0.4, 0.5) is 4.39 Å². The van der Waals surface area contributed by atoms with Crippen molar-refractivity contribution in [2.45, 2.75) is 36.7 Å². The van der Waals surface area contributed by atoms with E-state index in [1.54, 1.807) is 6.07 Å². The molecule has 0 spiro atoms. The highest BCUT2D eigenvalue weighted by molar-refractivity contribution is 7.87. The molecule has 3 aromatic rings. The number of fused-ring (bicyclic) bond motifs is 4. The topological polar surface area (TPSA) is 91.4 Å². The number of methoxy groups -OCH3 is 3. The Bertz CT molecular complexity index is 1520. The summed E-state index contributed by atoms with van der Waals surface area (Å²) in [6.07, 6.45) is 0.716. The number of hydrogen-bond acceptors (Lipinski definition) is 8. The number of rotatable bonds is 6. The third kappa shape index (κ3) is 4.37. The minimum atomic E-state index is -4.33. The Morgan fingerprint density at radius 2 is 1.76 bits per heavy atom. The minimum Gasteiger partial charge on any atom is -0.496 e. The molecule has 200 valence electrons. The Morgan fingerprint density at radius 3 is 2.45 bits per heavy atom. The molecule has 2 unspecified atom stereocenters. The molecule has 2 heterocycles. The monoisotopic (exact) mass is 541 g/mol. The van der Waals surface area contributed by atoms with Crippen LogP contribution in [0.25, 0.3) is 0 Å². The van der Waals surface area contributed by atoms with Gasteiger partial charge in [0, 0.05) is 30.6 Å². The standard InChI is InChI=1S/C28H28FNO7S/c1-16-20-8-9-24(34-2)27(37-38(32,33)19-7-5-6-18(29)13-19)23(20)15-30-11-10-17-12-25(35-3)22(28(31)36-4)14-21(17)26(16)30/h5-9,12-14,16,26H,10-11,15H2,1-4H3. The zero-order chi connectivity index (χ0) is 27.2. The van der Waals surface area contributed by atoms with E-state index in [1.165, 1.54) is 39.5 Å². The Hall–Kier alpha value is -3.63. The molecule has 0 saturated heterocycles. The number of carbonyl (C=O) groups is 1. The van der Waals surface area contributed by atoms with Gasteiger partial charge in [0.15, 0.2) is 11.5 Å². The van der Waals surface area contributed by atoms with E-state index in [-0.39, 0.29) is 28.4 Å². The molecule has 0 radical (unpaired) electrons. The van der Waals surface area contributed by atoms with Gasteiger partial charge in [0.1, 0.15) is 22.0 Å². The molecule has 5 rings (SSSR count). The van der Waals surface area contributed by atoms with Crippen LogP contribution in [-0.2, 0) is 27.8 Å². The number of nitrogens with zero attached hydrogens (tertiary/aromatic N) is 1. The van der Waals surface area contributed by atoms with Crippen molar-refractivity contribution in [2.24, 2.45) is 0 Å². The van der Waals surface area contributed by atoms with Gasteiger partial charge in [0.25, 0.3) is 0 Å². The van der Waals surface area contributed by atoms with Crippen molar-refractivity contribution < 1.29 is 36.0 Å². The molecule has 0 fully saturated rings. The van der Waals surface area contributed by atoms with E-state index in [2.05, 4.69) is 11.8 Å². The molecule has 0 amide bonds. The van der Waals surface area contributed by atoms with E-state index in [0.29, 0.717) is 36.4 Å².